The summed E-state index contributed by atoms with van der Waals surface area (Å²) in [4.78, 5) is 9.86. The first-order valence-corrected chi connectivity index (χ1v) is 6.57. The molecule has 1 aromatic carbocycles. The summed E-state index contributed by atoms with van der Waals surface area (Å²) >= 11 is 0. The first-order valence-electron chi connectivity index (χ1n) is 6.57. The molecule has 0 atom stereocenters. The number of benzene rings is 1. The molecule has 1 heterocycles. The van der Waals surface area contributed by atoms with Crippen molar-refractivity contribution in [3.8, 4) is 17.5 Å². The van der Waals surface area contributed by atoms with Crippen LogP contribution in [0.15, 0.2) is 30.5 Å². The molecular formula is C16H17FN4. The Morgan fingerprint density at radius 3 is 2.33 bits per heavy atom. The van der Waals surface area contributed by atoms with Gasteiger partial charge in [-0.3, -0.25) is 0 Å². The Kier molecular flexibility index (Phi) is 3.90. The summed E-state index contributed by atoms with van der Waals surface area (Å²) in [5, 5.41) is 9.14. The molecule has 0 aliphatic heterocycles. The van der Waals surface area contributed by atoms with Gasteiger partial charge in [-0.05, 0) is 19.4 Å². The van der Waals surface area contributed by atoms with Gasteiger partial charge in [-0.15, -0.1) is 0 Å². The minimum atomic E-state index is -0.545. The zero-order valence-electron chi connectivity index (χ0n) is 12.6. The molecule has 21 heavy (non-hydrogen) atoms. The van der Waals surface area contributed by atoms with Crippen LogP contribution in [0.3, 0.4) is 0 Å². The summed E-state index contributed by atoms with van der Waals surface area (Å²) in [5.74, 6) is 0.258. The molecule has 0 spiro atoms. The molecule has 0 amide bonds. The maximum absolute atomic E-state index is 13.6. The van der Waals surface area contributed by atoms with Crippen LogP contribution in [0.2, 0.25) is 0 Å². The third kappa shape index (κ3) is 3.00. The molecule has 0 saturated carbocycles. The largest absolute Gasteiger partial charge is 0.360 e. The Hall–Kier alpha value is -2.48. The van der Waals surface area contributed by atoms with Gasteiger partial charge in [0.2, 0.25) is 0 Å². The van der Waals surface area contributed by atoms with Crippen LogP contribution in [0.1, 0.15) is 19.4 Å². The first-order chi connectivity index (χ1) is 9.85. The van der Waals surface area contributed by atoms with Gasteiger partial charge in [0, 0.05) is 19.7 Å². The molecule has 0 N–H and O–H groups in total. The molecule has 1 aromatic heterocycles. The van der Waals surface area contributed by atoms with Crippen LogP contribution in [0.25, 0.3) is 11.4 Å². The van der Waals surface area contributed by atoms with Crippen LogP contribution >= 0.6 is 0 Å². The maximum atomic E-state index is 13.6. The van der Waals surface area contributed by atoms with Crippen molar-refractivity contribution >= 4 is 5.82 Å². The Balaban J connectivity index is 2.40. The second-order valence-electron chi connectivity index (χ2n) is 5.57. The normalized spacial score (nSPS) is 11.0. The number of hydrogen-bond acceptors (Lipinski definition) is 4. The summed E-state index contributed by atoms with van der Waals surface area (Å²) in [6.45, 7) is 3.72. The van der Waals surface area contributed by atoms with Gasteiger partial charge in [0.15, 0.2) is 17.5 Å². The van der Waals surface area contributed by atoms with E-state index in [9.17, 15) is 4.39 Å². The lowest BCUT2D eigenvalue weighted by Crippen LogP contribution is -2.14. The van der Waals surface area contributed by atoms with Crippen LogP contribution in [-0.4, -0.2) is 24.1 Å². The fourth-order valence-electron chi connectivity index (χ4n) is 1.91. The highest BCUT2D eigenvalue weighted by molar-refractivity contribution is 5.58. The summed E-state index contributed by atoms with van der Waals surface area (Å²) in [6.07, 6.45) is 1.17. The lowest BCUT2D eigenvalue weighted by Gasteiger charge is -2.16. The Labute approximate surface area is 123 Å². The van der Waals surface area contributed by atoms with Gasteiger partial charge in [-0.2, -0.15) is 5.26 Å². The highest BCUT2D eigenvalue weighted by Gasteiger charge is 2.19. The molecule has 4 nitrogen and oxygen atoms in total. The quantitative estimate of drug-likeness (QED) is 0.868. The standard InChI is InChI=1S/C16H17FN4/c1-16(2,10-18)12-7-5-11(6-8-12)14-19-9-13(17)15(20-14)21(3)4/h5-9H,1-4H3. The molecule has 0 aliphatic carbocycles. The number of nitrogens with zero attached hydrogens (tertiary/aromatic N) is 4. The van der Waals surface area contributed by atoms with Gasteiger partial charge in [-0.1, -0.05) is 24.3 Å². The SMILES string of the molecule is CN(C)c1nc(-c2ccc(C(C)(C)C#N)cc2)ncc1F. The maximum Gasteiger partial charge on any atom is 0.183 e. The third-order valence-corrected chi connectivity index (χ3v) is 3.29. The lowest BCUT2D eigenvalue weighted by molar-refractivity contribution is 0.612. The lowest BCUT2D eigenvalue weighted by atomic mass is 9.86. The average Bonchev–Trinajstić information content (AvgIpc) is 2.47. The molecule has 0 unspecified atom stereocenters. The van der Waals surface area contributed by atoms with E-state index < -0.39 is 11.2 Å². The van der Waals surface area contributed by atoms with E-state index in [1.54, 1.807) is 19.0 Å². The van der Waals surface area contributed by atoms with Gasteiger partial charge in [0.25, 0.3) is 0 Å². The molecule has 2 rings (SSSR count). The summed E-state index contributed by atoms with van der Waals surface area (Å²) in [7, 11) is 3.46. The second kappa shape index (κ2) is 5.49. The van der Waals surface area contributed by atoms with Crippen LogP contribution in [0, 0.1) is 17.1 Å². The van der Waals surface area contributed by atoms with Crippen LogP contribution in [0.4, 0.5) is 10.2 Å². The molecule has 0 aliphatic rings. The van der Waals surface area contributed by atoms with Crippen molar-refractivity contribution in [2.45, 2.75) is 19.3 Å². The van der Waals surface area contributed by atoms with Gasteiger partial charge in [0.05, 0.1) is 17.7 Å². The zero-order chi connectivity index (χ0) is 15.6. The fourth-order valence-corrected chi connectivity index (χ4v) is 1.91. The third-order valence-electron chi connectivity index (χ3n) is 3.29. The van der Waals surface area contributed by atoms with Crippen LogP contribution in [0.5, 0.6) is 0 Å². The minimum Gasteiger partial charge on any atom is -0.360 e. The number of hydrogen-bond donors (Lipinski definition) is 0. The number of halogens is 1. The van der Waals surface area contributed by atoms with Crippen molar-refractivity contribution in [2.75, 3.05) is 19.0 Å². The van der Waals surface area contributed by atoms with E-state index in [1.807, 2.05) is 38.1 Å². The highest BCUT2D eigenvalue weighted by atomic mass is 19.1. The predicted octanol–water partition coefficient (Wildman–Crippen LogP) is 3.15. The molecule has 108 valence electrons. The molecule has 5 heteroatoms. The van der Waals surface area contributed by atoms with Crippen molar-refractivity contribution in [2.24, 2.45) is 0 Å². The molecular weight excluding hydrogens is 267 g/mol. The highest BCUT2D eigenvalue weighted by Crippen LogP contribution is 2.25. The van der Waals surface area contributed by atoms with E-state index in [1.165, 1.54) is 6.20 Å². The average molecular weight is 284 g/mol. The van der Waals surface area contributed by atoms with Crippen LogP contribution in [-0.2, 0) is 5.41 Å². The summed E-state index contributed by atoms with van der Waals surface area (Å²) in [5.41, 5.74) is 1.16. The van der Waals surface area contributed by atoms with E-state index in [4.69, 9.17) is 5.26 Å². The summed E-state index contributed by atoms with van der Waals surface area (Å²) in [6, 6.07) is 9.71. The number of rotatable bonds is 3. The second-order valence-corrected chi connectivity index (χ2v) is 5.57. The molecule has 2 aromatic rings. The van der Waals surface area contributed by atoms with E-state index in [0.29, 0.717) is 5.82 Å². The van der Waals surface area contributed by atoms with Crippen molar-refractivity contribution < 1.29 is 4.39 Å². The van der Waals surface area contributed by atoms with Crippen molar-refractivity contribution in [3.05, 3.63) is 41.8 Å². The molecule has 0 fully saturated rings. The molecule has 0 radical (unpaired) electrons. The first kappa shape index (κ1) is 14.9. The number of aromatic nitrogens is 2. The van der Waals surface area contributed by atoms with E-state index in [-0.39, 0.29) is 5.82 Å². The summed E-state index contributed by atoms with van der Waals surface area (Å²) < 4.78 is 13.6. The van der Waals surface area contributed by atoms with Gasteiger partial charge in [0.1, 0.15) is 0 Å². The van der Waals surface area contributed by atoms with Crippen molar-refractivity contribution in [1.29, 1.82) is 5.26 Å². The molecule has 0 saturated heterocycles. The fraction of sp³-hybridized carbons (Fsp3) is 0.312. The van der Waals surface area contributed by atoms with E-state index in [2.05, 4.69) is 16.0 Å². The van der Waals surface area contributed by atoms with E-state index in [0.717, 1.165) is 11.1 Å². The van der Waals surface area contributed by atoms with Crippen LogP contribution < -0.4 is 4.90 Å². The van der Waals surface area contributed by atoms with Gasteiger partial charge >= 0.3 is 0 Å². The zero-order valence-corrected chi connectivity index (χ0v) is 12.6. The van der Waals surface area contributed by atoms with E-state index >= 15 is 0 Å². The smallest absolute Gasteiger partial charge is 0.183 e. The predicted molar refractivity (Wildman–Crippen MR) is 80.4 cm³/mol. The van der Waals surface area contributed by atoms with Crippen molar-refractivity contribution in [3.63, 3.8) is 0 Å². The Bertz CT molecular complexity index is 684. The number of anilines is 1. The minimum absolute atomic E-state index is 0.251. The Morgan fingerprint density at radius 1 is 1.19 bits per heavy atom. The molecule has 0 bridgehead atoms. The van der Waals surface area contributed by atoms with Gasteiger partial charge in [-0.25, -0.2) is 14.4 Å². The van der Waals surface area contributed by atoms with Gasteiger partial charge < -0.3 is 4.90 Å². The number of nitriles is 1. The Morgan fingerprint density at radius 2 is 1.81 bits per heavy atom. The topological polar surface area (TPSA) is 52.8 Å². The monoisotopic (exact) mass is 284 g/mol. The van der Waals surface area contributed by atoms with Crippen molar-refractivity contribution in [1.82, 2.24) is 9.97 Å².